The molecule has 2 N–H and O–H groups in total. The highest BCUT2D eigenvalue weighted by Crippen LogP contribution is 2.28. The van der Waals surface area contributed by atoms with Gasteiger partial charge in [0.2, 0.25) is 0 Å². The van der Waals surface area contributed by atoms with E-state index in [2.05, 4.69) is 12.1 Å². The van der Waals surface area contributed by atoms with Crippen LogP contribution in [0.1, 0.15) is 12.0 Å². The van der Waals surface area contributed by atoms with Gasteiger partial charge in [-0.05, 0) is 60.0 Å². The third kappa shape index (κ3) is 2.71. The Morgan fingerprint density at radius 1 is 1.18 bits per heavy atom. The minimum atomic E-state index is 0.691. The summed E-state index contributed by atoms with van der Waals surface area (Å²) in [5.74, 6) is 0.924. The summed E-state index contributed by atoms with van der Waals surface area (Å²) >= 11 is 6.00. The number of nitrogens with two attached hydrogens (primary N) is 1. The zero-order valence-electron chi connectivity index (χ0n) is 9.87. The van der Waals surface area contributed by atoms with Crippen molar-refractivity contribution < 1.29 is 4.74 Å². The Morgan fingerprint density at radius 2 is 2.00 bits per heavy atom. The van der Waals surface area contributed by atoms with Gasteiger partial charge in [0.15, 0.2) is 0 Å². The Kier molecular flexibility index (Phi) is 3.87. The number of hydrogen-bond acceptors (Lipinski definition) is 2. The normalized spacial score (nSPS) is 10.8. The minimum absolute atomic E-state index is 0.691. The molecule has 0 fully saturated rings. The summed E-state index contributed by atoms with van der Waals surface area (Å²) in [5, 5.41) is 3.04. The number of rotatable bonds is 4. The van der Waals surface area contributed by atoms with Crippen LogP contribution in [0.4, 0.5) is 0 Å². The molecule has 0 aliphatic heterocycles. The first-order valence-corrected chi connectivity index (χ1v) is 6.08. The monoisotopic (exact) mass is 249 g/mol. The summed E-state index contributed by atoms with van der Waals surface area (Å²) in [6.07, 6.45) is 1.89. The second-order valence-corrected chi connectivity index (χ2v) is 4.48. The summed E-state index contributed by atoms with van der Waals surface area (Å²) in [5.41, 5.74) is 6.73. The van der Waals surface area contributed by atoms with Gasteiger partial charge in [-0.25, -0.2) is 0 Å². The van der Waals surface area contributed by atoms with Gasteiger partial charge in [0, 0.05) is 5.02 Å². The maximum atomic E-state index is 6.00. The average molecular weight is 250 g/mol. The van der Waals surface area contributed by atoms with Crippen molar-refractivity contribution in [2.75, 3.05) is 13.7 Å². The van der Waals surface area contributed by atoms with Crippen LogP contribution < -0.4 is 10.5 Å². The first-order valence-electron chi connectivity index (χ1n) is 5.71. The van der Waals surface area contributed by atoms with Gasteiger partial charge in [0.05, 0.1) is 7.11 Å². The van der Waals surface area contributed by atoms with E-state index in [4.69, 9.17) is 22.1 Å². The molecule has 3 heteroatoms. The van der Waals surface area contributed by atoms with Crippen molar-refractivity contribution >= 4 is 22.4 Å². The molecule has 0 amide bonds. The SMILES string of the molecule is COc1cc2ccc(Cl)cc2cc1CCCN. The van der Waals surface area contributed by atoms with E-state index in [0.29, 0.717) is 6.54 Å². The van der Waals surface area contributed by atoms with Crippen molar-refractivity contribution in [1.29, 1.82) is 0 Å². The van der Waals surface area contributed by atoms with Crippen LogP contribution in [-0.4, -0.2) is 13.7 Å². The molecule has 0 unspecified atom stereocenters. The summed E-state index contributed by atoms with van der Waals surface area (Å²) in [6, 6.07) is 10.1. The van der Waals surface area contributed by atoms with E-state index in [-0.39, 0.29) is 0 Å². The molecular formula is C14H16ClNO. The van der Waals surface area contributed by atoms with Gasteiger partial charge in [0.1, 0.15) is 5.75 Å². The molecule has 0 aromatic heterocycles. The molecule has 0 atom stereocenters. The molecule has 0 spiro atoms. The first-order chi connectivity index (χ1) is 8.24. The lowest BCUT2D eigenvalue weighted by molar-refractivity contribution is 0.410. The van der Waals surface area contributed by atoms with Crippen LogP contribution in [0.2, 0.25) is 5.02 Å². The van der Waals surface area contributed by atoms with Crippen molar-refractivity contribution in [2.24, 2.45) is 5.73 Å². The molecule has 2 rings (SSSR count). The molecule has 0 heterocycles. The molecule has 0 radical (unpaired) electrons. The second kappa shape index (κ2) is 5.39. The van der Waals surface area contributed by atoms with Crippen LogP contribution in [0.15, 0.2) is 30.3 Å². The molecule has 2 nitrogen and oxygen atoms in total. The molecule has 0 saturated heterocycles. The number of benzene rings is 2. The van der Waals surface area contributed by atoms with Crippen molar-refractivity contribution in [2.45, 2.75) is 12.8 Å². The van der Waals surface area contributed by atoms with Crippen molar-refractivity contribution in [3.05, 3.63) is 40.9 Å². The van der Waals surface area contributed by atoms with Crippen molar-refractivity contribution in [3.63, 3.8) is 0 Å². The molecule has 2 aromatic rings. The Labute approximate surface area is 106 Å². The molecule has 2 aromatic carbocycles. The highest BCUT2D eigenvalue weighted by molar-refractivity contribution is 6.31. The molecule has 0 aliphatic carbocycles. The second-order valence-electron chi connectivity index (χ2n) is 4.05. The van der Waals surface area contributed by atoms with Crippen LogP contribution in [0, 0.1) is 0 Å². The smallest absolute Gasteiger partial charge is 0.122 e. The van der Waals surface area contributed by atoms with Gasteiger partial charge in [-0.1, -0.05) is 17.7 Å². The highest BCUT2D eigenvalue weighted by Gasteiger charge is 2.05. The quantitative estimate of drug-likeness (QED) is 0.902. The Hall–Kier alpha value is -1.25. The van der Waals surface area contributed by atoms with Crippen LogP contribution in [0.3, 0.4) is 0 Å². The number of ether oxygens (including phenoxy) is 1. The zero-order valence-corrected chi connectivity index (χ0v) is 10.6. The van der Waals surface area contributed by atoms with E-state index in [0.717, 1.165) is 34.4 Å². The van der Waals surface area contributed by atoms with E-state index in [1.54, 1.807) is 7.11 Å². The van der Waals surface area contributed by atoms with Gasteiger partial charge in [-0.15, -0.1) is 0 Å². The predicted molar refractivity (Wildman–Crippen MR) is 72.9 cm³/mol. The summed E-state index contributed by atoms with van der Waals surface area (Å²) in [6.45, 7) is 0.691. The van der Waals surface area contributed by atoms with E-state index in [9.17, 15) is 0 Å². The third-order valence-electron chi connectivity index (χ3n) is 2.85. The van der Waals surface area contributed by atoms with Gasteiger partial charge < -0.3 is 10.5 Å². The zero-order chi connectivity index (χ0) is 12.3. The van der Waals surface area contributed by atoms with Crippen LogP contribution in [0.25, 0.3) is 10.8 Å². The fourth-order valence-electron chi connectivity index (χ4n) is 1.97. The number of hydrogen-bond donors (Lipinski definition) is 1. The van der Waals surface area contributed by atoms with Crippen LogP contribution >= 0.6 is 11.6 Å². The molecule has 90 valence electrons. The van der Waals surface area contributed by atoms with E-state index >= 15 is 0 Å². The molecule has 0 bridgehead atoms. The predicted octanol–water partition coefficient (Wildman–Crippen LogP) is 3.39. The van der Waals surface area contributed by atoms with Gasteiger partial charge in [-0.3, -0.25) is 0 Å². The van der Waals surface area contributed by atoms with E-state index in [1.165, 1.54) is 5.56 Å². The third-order valence-corrected chi connectivity index (χ3v) is 3.09. The Morgan fingerprint density at radius 3 is 2.71 bits per heavy atom. The summed E-state index contributed by atoms with van der Waals surface area (Å²) < 4.78 is 5.41. The lowest BCUT2D eigenvalue weighted by atomic mass is 10.0. The standard InChI is InChI=1S/C14H16ClNO/c1-17-14-9-10-4-5-13(15)8-12(10)7-11(14)3-2-6-16/h4-5,7-9H,2-3,6,16H2,1H3. The molecule has 0 saturated carbocycles. The van der Waals surface area contributed by atoms with E-state index in [1.807, 2.05) is 18.2 Å². The molecular weight excluding hydrogens is 234 g/mol. The van der Waals surface area contributed by atoms with Gasteiger partial charge in [-0.2, -0.15) is 0 Å². The lowest BCUT2D eigenvalue weighted by Gasteiger charge is -2.10. The summed E-state index contributed by atoms with van der Waals surface area (Å²) in [4.78, 5) is 0. The van der Waals surface area contributed by atoms with Crippen molar-refractivity contribution in [1.82, 2.24) is 0 Å². The van der Waals surface area contributed by atoms with Crippen molar-refractivity contribution in [3.8, 4) is 5.75 Å². The first kappa shape index (κ1) is 12.2. The topological polar surface area (TPSA) is 35.2 Å². The fourth-order valence-corrected chi connectivity index (χ4v) is 2.15. The van der Waals surface area contributed by atoms with Crippen LogP contribution in [0.5, 0.6) is 5.75 Å². The summed E-state index contributed by atoms with van der Waals surface area (Å²) in [7, 11) is 1.70. The fraction of sp³-hybridized carbons (Fsp3) is 0.286. The van der Waals surface area contributed by atoms with Gasteiger partial charge in [0.25, 0.3) is 0 Å². The average Bonchev–Trinajstić information content (AvgIpc) is 2.35. The Balaban J connectivity index is 2.49. The lowest BCUT2D eigenvalue weighted by Crippen LogP contribution is -2.01. The highest BCUT2D eigenvalue weighted by atomic mass is 35.5. The van der Waals surface area contributed by atoms with Gasteiger partial charge >= 0.3 is 0 Å². The number of aryl methyl sites for hydroxylation is 1. The molecule has 17 heavy (non-hydrogen) atoms. The maximum Gasteiger partial charge on any atom is 0.122 e. The molecule has 0 aliphatic rings. The number of fused-ring (bicyclic) bond motifs is 1. The maximum absolute atomic E-state index is 6.00. The minimum Gasteiger partial charge on any atom is -0.496 e. The number of halogens is 1. The van der Waals surface area contributed by atoms with E-state index < -0.39 is 0 Å². The Bertz CT molecular complexity index is 525. The largest absolute Gasteiger partial charge is 0.496 e. The van der Waals surface area contributed by atoms with Crippen LogP contribution in [-0.2, 0) is 6.42 Å². The number of methoxy groups -OCH3 is 1.